The van der Waals surface area contributed by atoms with Crippen molar-refractivity contribution in [2.75, 3.05) is 11.1 Å². The van der Waals surface area contributed by atoms with Gasteiger partial charge in [-0.3, -0.25) is 9.48 Å². The van der Waals surface area contributed by atoms with Crippen molar-refractivity contribution in [3.63, 3.8) is 0 Å². The number of nitrogens with two attached hydrogens (primary N) is 1. The summed E-state index contributed by atoms with van der Waals surface area (Å²) in [5, 5.41) is 8.75. The Hall–Kier alpha value is -2.24. The van der Waals surface area contributed by atoms with Gasteiger partial charge in [-0.25, -0.2) is 0 Å². The fourth-order valence-corrected chi connectivity index (χ4v) is 2.59. The molecule has 0 aliphatic heterocycles. The predicted molar refractivity (Wildman–Crippen MR) is 89.2 cm³/mol. The second kappa shape index (κ2) is 5.87. The number of rotatable bonds is 3. The number of halogens is 2. The third kappa shape index (κ3) is 3.00. The average molecular weight is 335 g/mol. The SMILES string of the molecule is Nc1ccc2cnn(CC(=O)Nc3ccc(Cl)cc3Cl)c2c1. The van der Waals surface area contributed by atoms with Gasteiger partial charge in [0.1, 0.15) is 6.54 Å². The van der Waals surface area contributed by atoms with Gasteiger partial charge in [0.25, 0.3) is 0 Å². The van der Waals surface area contributed by atoms with Gasteiger partial charge >= 0.3 is 0 Å². The number of nitrogens with zero attached hydrogens (tertiary/aromatic N) is 2. The molecule has 0 saturated carbocycles. The highest BCUT2D eigenvalue weighted by molar-refractivity contribution is 6.36. The minimum absolute atomic E-state index is 0.0614. The van der Waals surface area contributed by atoms with Gasteiger partial charge in [0.15, 0.2) is 0 Å². The van der Waals surface area contributed by atoms with Crippen LogP contribution < -0.4 is 11.1 Å². The second-order valence-electron chi connectivity index (χ2n) is 4.79. The van der Waals surface area contributed by atoms with Crippen molar-refractivity contribution in [2.24, 2.45) is 0 Å². The van der Waals surface area contributed by atoms with E-state index in [4.69, 9.17) is 28.9 Å². The first-order valence-electron chi connectivity index (χ1n) is 6.49. The molecule has 0 spiro atoms. The molecule has 2 aromatic carbocycles. The molecule has 0 bridgehead atoms. The molecule has 0 saturated heterocycles. The number of anilines is 2. The van der Waals surface area contributed by atoms with Crippen molar-refractivity contribution in [3.05, 3.63) is 52.6 Å². The van der Waals surface area contributed by atoms with Crippen LogP contribution in [0.5, 0.6) is 0 Å². The molecule has 22 heavy (non-hydrogen) atoms. The van der Waals surface area contributed by atoms with Crippen LogP contribution in [0, 0.1) is 0 Å². The number of carbonyl (C=O) groups is 1. The predicted octanol–water partition coefficient (Wildman–Crippen LogP) is 3.56. The molecular formula is C15H12Cl2N4O. The van der Waals surface area contributed by atoms with Gasteiger partial charge in [-0.1, -0.05) is 23.2 Å². The van der Waals surface area contributed by atoms with Gasteiger partial charge in [0, 0.05) is 16.1 Å². The van der Waals surface area contributed by atoms with Crippen LogP contribution in [0.1, 0.15) is 0 Å². The molecule has 3 aromatic rings. The van der Waals surface area contributed by atoms with Crippen molar-refractivity contribution in [3.8, 4) is 0 Å². The minimum Gasteiger partial charge on any atom is -0.399 e. The van der Waals surface area contributed by atoms with Crippen molar-refractivity contribution < 1.29 is 4.79 Å². The molecule has 5 nitrogen and oxygen atoms in total. The fraction of sp³-hybridized carbons (Fsp3) is 0.0667. The number of fused-ring (bicyclic) bond motifs is 1. The quantitative estimate of drug-likeness (QED) is 0.719. The lowest BCUT2D eigenvalue weighted by molar-refractivity contribution is -0.116. The lowest BCUT2D eigenvalue weighted by Crippen LogP contribution is -2.19. The topological polar surface area (TPSA) is 72.9 Å². The van der Waals surface area contributed by atoms with Crippen LogP contribution >= 0.6 is 23.2 Å². The van der Waals surface area contributed by atoms with E-state index in [1.165, 1.54) is 0 Å². The monoisotopic (exact) mass is 334 g/mol. The second-order valence-corrected chi connectivity index (χ2v) is 5.64. The standard InChI is InChI=1S/C15H12Cl2N4O/c16-10-2-4-13(12(17)5-10)20-15(22)8-21-14-6-11(18)3-1-9(14)7-19-21/h1-7H,8,18H2,(H,20,22). The molecule has 0 atom stereocenters. The highest BCUT2D eigenvalue weighted by Gasteiger charge is 2.10. The number of hydrogen-bond donors (Lipinski definition) is 2. The molecule has 3 rings (SSSR count). The summed E-state index contributed by atoms with van der Waals surface area (Å²) in [5.41, 5.74) is 7.70. The van der Waals surface area contributed by atoms with E-state index >= 15 is 0 Å². The third-order valence-corrected chi connectivity index (χ3v) is 3.72. The molecule has 1 heterocycles. The molecule has 0 unspecified atom stereocenters. The highest BCUT2D eigenvalue weighted by atomic mass is 35.5. The minimum atomic E-state index is -0.239. The number of nitrogen functional groups attached to an aromatic ring is 1. The van der Waals surface area contributed by atoms with Crippen LogP contribution in [-0.4, -0.2) is 15.7 Å². The van der Waals surface area contributed by atoms with Crippen LogP contribution in [0.15, 0.2) is 42.6 Å². The lowest BCUT2D eigenvalue weighted by Gasteiger charge is -2.08. The number of aromatic nitrogens is 2. The van der Waals surface area contributed by atoms with Crippen molar-refractivity contribution in [1.29, 1.82) is 0 Å². The first kappa shape index (κ1) is 14.7. The molecule has 3 N–H and O–H groups in total. The van der Waals surface area contributed by atoms with E-state index in [1.807, 2.05) is 6.07 Å². The zero-order chi connectivity index (χ0) is 15.7. The van der Waals surface area contributed by atoms with E-state index in [1.54, 1.807) is 41.2 Å². The van der Waals surface area contributed by atoms with Gasteiger partial charge in [-0.2, -0.15) is 5.10 Å². The van der Waals surface area contributed by atoms with Crippen LogP contribution in [0.3, 0.4) is 0 Å². The lowest BCUT2D eigenvalue weighted by atomic mass is 10.2. The van der Waals surface area contributed by atoms with Gasteiger partial charge in [0.05, 0.1) is 22.4 Å². The van der Waals surface area contributed by atoms with Crippen molar-refractivity contribution in [2.45, 2.75) is 6.54 Å². The number of nitrogens with one attached hydrogen (secondary N) is 1. The Balaban J connectivity index is 1.79. The van der Waals surface area contributed by atoms with Crippen LogP contribution in [0.4, 0.5) is 11.4 Å². The number of carbonyl (C=O) groups excluding carboxylic acids is 1. The Bertz CT molecular complexity index is 860. The molecule has 7 heteroatoms. The van der Waals surface area contributed by atoms with E-state index in [9.17, 15) is 4.79 Å². The number of benzene rings is 2. The summed E-state index contributed by atoms with van der Waals surface area (Å²) in [4.78, 5) is 12.2. The maximum Gasteiger partial charge on any atom is 0.246 e. The average Bonchev–Trinajstić information content (AvgIpc) is 2.84. The zero-order valence-electron chi connectivity index (χ0n) is 11.4. The Labute approximate surface area is 136 Å². The van der Waals surface area contributed by atoms with Gasteiger partial charge in [-0.15, -0.1) is 0 Å². The summed E-state index contributed by atoms with van der Waals surface area (Å²) in [5.74, 6) is -0.239. The molecule has 1 aromatic heterocycles. The van der Waals surface area contributed by atoms with Crippen molar-refractivity contribution >= 4 is 51.4 Å². The fourth-order valence-electron chi connectivity index (χ4n) is 2.13. The van der Waals surface area contributed by atoms with Crippen LogP contribution in [0.25, 0.3) is 10.9 Å². The Morgan fingerprint density at radius 1 is 1.23 bits per heavy atom. The van der Waals surface area contributed by atoms with E-state index in [0.717, 1.165) is 10.9 Å². The molecule has 0 radical (unpaired) electrons. The summed E-state index contributed by atoms with van der Waals surface area (Å²) in [6, 6.07) is 10.3. The molecule has 0 aliphatic rings. The number of amides is 1. The van der Waals surface area contributed by atoms with Crippen molar-refractivity contribution in [1.82, 2.24) is 9.78 Å². The van der Waals surface area contributed by atoms with E-state index < -0.39 is 0 Å². The maximum absolute atomic E-state index is 12.2. The molecular weight excluding hydrogens is 323 g/mol. The summed E-state index contributed by atoms with van der Waals surface area (Å²) >= 11 is 11.9. The largest absolute Gasteiger partial charge is 0.399 e. The first-order valence-corrected chi connectivity index (χ1v) is 7.24. The van der Waals surface area contributed by atoms with E-state index in [-0.39, 0.29) is 12.5 Å². The summed E-state index contributed by atoms with van der Waals surface area (Å²) < 4.78 is 1.59. The summed E-state index contributed by atoms with van der Waals surface area (Å²) in [7, 11) is 0. The summed E-state index contributed by atoms with van der Waals surface area (Å²) in [6.45, 7) is 0.0614. The molecule has 0 fully saturated rings. The zero-order valence-corrected chi connectivity index (χ0v) is 12.9. The van der Waals surface area contributed by atoms with E-state index in [2.05, 4.69) is 10.4 Å². The Morgan fingerprint density at radius 2 is 2.05 bits per heavy atom. The highest BCUT2D eigenvalue weighted by Crippen LogP contribution is 2.25. The maximum atomic E-state index is 12.2. The molecule has 1 amide bonds. The van der Waals surface area contributed by atoms with Crippen LogP contribution in [0.2, 0.25) is 10.0 Å². The van der Waals surface area contributed by atoms with E-state index in [0.29, 0.717) is 21.4 Å². The van der Waals surface area contributed by atoms with Gasteiger partial charge in [-0.05, 0) is 36.4 Å². The van der Waals surface area contributed by atoms with Gasteiger partial charge < -0.3 is 11.1 Å². The summed E-state index contributed by atoms with van der Waals surface area (Å²) in [6.07, 6.45) is 1.69. The molecule has 112 valence electrons. The normalized spacial score (nSPS) is 10.8. The van der Waals surface area contributed by atoms with Gasteiger partial charge in [0.2, 0.25) is 5.91 Å². The Kier molecular flexibility index (Phi) is 3.92. The van der Waals surface area contributed by atoms with Crippen LogP contribution in [-0.2, 0) is 11.3 Å². The number of hydrogen-bond acceptors (Lipinski definition) is 3. The first-order chi connectivity index (χ1) is 10.5. The third-order valence-electron chi connectivity index (χ3n) is 3.17. The molecule has 0 aliphatic carbocycles. The smallest absolute Gasteiger partial charge is 0.246 e. The Morgan fingerprint density at radius 3 is 2.82 bits per heavy atom.